The van der Waals surface area contributed by atoms with Gasteiger partial charge in [0.15, 0.2) is 5.82 Å². The molecule has 1 aliphatic heterocycles. The molecule has 1 aliphatic rings. The molecule has 3 aromatic rings. The van der Waals surface area contributed by atoms with Crippen molar-refractivity contribution in [3.05, 3.63) is 70.0 Å². The molecule has 0 amide bonds. The highest BCUT2D eigenvalue weighted by Crippen LogP contribution is 2.32. The monoisotopic (exact) mass is 429 g/mol. The minimum Gasteiger partial charge on any atom is -0.395 e. The number of anilines is 1. The van der Waals surface area contributed by atoms with Crippen LogP contribution in [0, 0.1) is 18.3 Å². The second-order valence-corrected chi connectivity index (χ2v) is 8.19. The molecule has 1 fully saturated rings. The standard InChI is InChI=1S/C25H27N5O2/c1-17-2-6-20(7-3-17)23-22(19-8-4-18(16-26)5-9-19)28-24(25(32)30(23)14-15-31)29-12-10-21(27)11-13-29/h2-9,21,31H,10-15,27H2,1H3. The Morgan fingerprint density at radius 1 is 1.09 bits per heavy atom. The van der Waals surface area contributed by atoms with Crippen molar-refractivity contribution in [1.82, 2.24) is 9.55 Å². The average molecular weight is 430 g/mol. The number of nitrogens with two attached hydrogens (primary N) is 1. The number of nitrogens with zero attached hydrogens (tertiary/aromatic N) is 4. The Labute approximate surface area is 187 Å². The number of nitriles is 1. The fourth-order valence-corrected chi connectivity index (χ4v) is 4.10. The zero-order chi connectivity index (χ0) is 22.7. The van der Waals surface area contributed by atoms with Crippen LogP contribution < -0.4 is 16.2 Å². The van der Waals surface area contributed by atoms with Crippen molar-refractivity contribution in [1.29, 1.82) is 5.26 Å². The molecule has 0 aliphatic carbocycles. The molecule has 0 radical (unpaired) electrons. The van der Waals surface area contributed by atoms with E-state index in [0.717, 1.165) is 29.5 Å². The van der Waals surface area contributed by atoms with E-state index in [1.807, 2.05) is 48.2 Å². The van der Waals surface area contributed by atoms with E-state index in [2.05, 4.69) is 6.07 Å². The molecule has 0 saturated carbocycles. The lowest BCUT2D eigenvalue weighted by Gasteiger charge is -2.31. The first-order valence-electron chi connectivity index (χ1n) is 10.9. The van der Waals surface area contributed by atoms with Crippen LogP contribution in [0.5, 0.6) is 0 Å². The molecule has 0 spiro atoms. The van der Waals surface area contributed by atoms with Gasteiger partial charge in [0.25, 0.3) is 5.56 Å². The van der Waals surface area contributed by atoms with E-state index in [9.17, 15) is 15.2 Å². The van der Waals surface area contributed by atoms with Crippen LogP contribution in [-0.4, -0.2) is 40.4 Å². The molecule has 3 N–H and O–H groups in total. The van der Waals surface area contributed by atoms with E-state index in [4.69, 9.17) is 10.7 Å². The number of aliphatic hydroxyl groups excluding tert-OH is 1. The van der Waals surface area contributed by atoms with E-state index >= 15 is 0 Å². The molecule has 164 valence electrons. The maximum absolute atomic E-state index is 13.6. The van der Waals surface area contributed by atoms with Crippen LogP contribution >= 0.6 is 0 Å². The lowest BCUT2D eigenvalue weighted by Crippen LogP contribution is -2.43. The van der Waals surface area contributed by atoms with Gasteiger partial charge in [-0.05, 0) is 31.9 Å². The van der Waals surface area contributed by atoms with E-state index in [-0.39, 0.29) is 24.8 Å². The van der Waals surface area contributed by atoms with Crippen molar-refractivity contribution < 1.29 is 5.11 Å². The molecule has 4 rings (SSSR count). The summed E-state index contributed by atoms with van der Waals surface area (Å²) in [7, 11) is 0. The third-order valence-electron chi connectivity index (χ3n) is 5.92. The van der Waals surface area contributed by atoms with Crippen molar-refractivity contribution in [2.45, 2.75) is 32.4 Å². The Balaban J connectivity index is 1.97. The Kier molecular flexibility index (Phi) is 6.35. The number of hydrogen-bond acceptors (Lipinski definition) is 6. The normalized spacial score (nSPS) is 14.4. The molecule has 1 saturated heterocycles. The highest BCUT2D eigenvalue weighted by atomic mass is 16.3. The van der Waals surface area contributed by atoms with Gasteiger partial charge in [-0.2, -0.15) is 5.26 Å². The van der Waals surface area contributed by atoms with Gasteiger partial charge in [-0.15, -0.1) is 0 Å². The maximum atomic E-state index is 13.6. The van der Waals surface area contributed by atoms with Gasteiger partial charge in [-0.1, -0.05) is 42.0 Å². The number of piperidine rings is 1. The Hall–Kier alpha value is -3.47. The van der Waals surface area contributed by atoms with E-state index in [0.29, 0.717) is 35.9 Å². The number of hydrogen-bond donors (Lipinski definition) is 2. The van der Waals surface area contributed by atoms with Crippen molar-refractivity contribution in [2.75, 3.05) is 24.6 Å². The van der Waals surface area contributed by atoms with Gasteiger partial charge in [0, 0.05) is 36.8 Å². The zero-order valence-electron chi connectivity index (χ0n) is 18.2. The number of rotatable bonds is 5. The first kappa shape index (κ1) is 21.8. The van der Waals surface area contributed by atoms with Gasteiger partial charge in [-0.25, -0.2) is 4.98 Å². The van der Waals surface area contributed by atoms with E-state index < -0.39 is 0 Å². The molecular weight excluding hydrogens is 402 g/mol. The Morgan fingerprint density at radius 2 is 1.72 bits per heavy atom. The van der Waals surface area contributed by atoms with Gasteiger partial charge in [0.05, 0.1) is 29.6 Å². The summed E-state index contributed by atoms with van der Waals surface area (Å²) in [4.78, 5) is 20.4. The molecule has 2 heterocycles. The van der Waals surface area contributed by atoms with Gasteiger partial charge < -0.3 is 20.3 Å². The smallest absolute Gasteiger partial charge is 0.294 e. The van der Waals surface area contributed by atoms with Crippen LogP contribution in [-0.2, 0) is 6.54 Å². The molecule has 0 atom stereocenters. The first-order valence-corrected chi connectivity index (χ1v) is 10.9. The van der Waals surface area contributed by atoms with Crippen LogP contribution in [0.25, 0.3) is 22.5 Å². The third kappa shape index (κ3) is 4.28. The molecule has 1 aromatic heterocycles. The Morgan fingerprint density at radius 3 is 2.31 bits per heavy atom. The summed E-state index contributed by atoms with van der Waals surface area (Å²) in [6.07, 6.45) is 1.60. The van der Waals surface area contributed by atoms with Crippen LogP contribution in [0.3, 0.4) is 0 Å². The summed E-state index contributed by atoms with van der Waals surface area (Å²) in [5, 5.41) is 19.0. The van der Waals surface area contributed by atoms with Crippen LogP contribution in [0.4, 0.5) is 5.82 Å². The van der Waals surface area contributed by atoms with Gasteiger partial charge in [0.2, 0.25) is 0 Å². The summed E-state index contributed by atoms with van der Waals surface area (Å²) >= 11 is 0. The van der Waals surface area contributed by atoms with Crippen molar-refractivity contribution in [2.24, 2.45) is 5.73 Å². The molecule has 0 unspecified atom stereocenters. The van der Waals surface area contributed by atoms with Crippen LogP contribution in [0.1, 0.15) is 24.0 Å². The molecule has 7 nitrogen and oxygen atoms in total. The third-order valence-corrected chi connectivity index (χ3v) is 5.92. The summed E-state index contributed by atoms with van der Waals surface area (Å²) < 4.78 is 1.62. The number of aliphatic hydroxyl groups is 1. The van der Waals surface area contributed by atoms with Crippen LogP contribution in [0.2, 0.25) is 0 Å². The largest absolute Gasteiger partial charge is 0.395 e. The Bertz CT molecular complexity index is 1190. The number of benzene rings is 2. The van der Waals surface area contributed by atoms with E-state index in [1.165, 1.54) is 0 Å². The molecule has 2 aromatic carbocycles. The van der Waals surface area contributed by atoms with Crippen molar-refractivity contribution in [3.63, 3.8) is 0 Å². The summed E-state index contributed by atoms with van der Waals surface area (Å²) in [5.74, 6) is 0.376. The minimum absolute atomic E-state index is 0.135. The van der Waals surface area contributed by atoms with E-state index in [1.54, 1.807) is 16.7 Å². The van der Waals surface area contributed by atoms with Crippen LogP contribution in [0.15, 0.2) is 53.3 Å². The highest BCUT2D eigenvalue weighted by molar-refractivity contribution is 5.79. The van der Waals surface area contributed by atoms with Gasteiger partial charge in [-0.3, -0.25) is 4.79 Å². The molecule has 7 heteroatoms. The minimum atomic E-state index is -0.220. The molecule has 32 heavy (non-hydrogen) atoms. The molecular formula is C25H27N5O2. The SMILES string of the molecule is Cc1ccc(-c2c(-c3ccc(C#N)cc3)nc(N3CCC(N)CC3)c(=O)n2CCO)cc1. The zero-order valence-corrected chi connectivity index (χ0v) is 18.2. The lowest BCUT2D eigenvalue weighted by molar-refractivity contribution is 0.275. The van der Waals surface area contributed by atoms with Crippen molar-refractivity contribution >= 4 is 5.82 Å². The predicted octanol–water partition coefficient (Wildman–Crippen LogP) is 2.68. The number of aryl methyl sites for hydroxylation is 1. The predicted molar refractivity (Wildman–Crippen MR) is 125 cm³/mol. The summed E-state index contributed by atoms with van der Waals surface area (Å²) in [6.45, 7) is 3.33. The summed E-state index contributed by atoms with van der Waals surface area (Å²) in [6, 6.07) is 17.4. The number of aromatic nitrogens is 2. The second-order valence-electron chi connectivity index (χ2n) is 8.19. The quantitative estimate of drug-likeness (QED) is 0.646. The van der Waals surface area contributed by atoms with Gasteiger partial charge >= 0.3 is 0 Å². The molecule has 0 bridgehead atoms. The summed E-state index contributed by atoms with van der Waals surface area (Å²) in [5.41, 5.74) is 10.5. The fourth-order valence-electron chi connectivity index (χ4n) is 4.10. The fraction of sp³-hybridized carbons (Fsp3) is 0.320. The second kappa shape index (κ2) is 9.35. The van der Waals surface area contributed by atoms with Crippen molar-refractivity contribution in [3.8, 4) is 28.6 Å². The average Bonchev–Trinajstić information content (AvgIpc) is 2.82. The lowest BCUT2D eigenvalue weighted by atomic mass is 10.0. The maximum Gasteiger partial charge on any atom is 0.294 e. The first-order chi connectivity index (χ1) is 15.5. The topological polar surface area (TPSA) is 108 Å². The highest BCUT2D eigenvalue weighted by Gasteiger charge is 2.25. The van der Waals surface area contributed by atoms with Gasteiger partial charge in [0.1, 0.15) is 0 Å².